The molecule has 2 N–H and O–H groups in total. The molecule has 0 saturated carbocycles. The molecule has 0 bridgehead atoms. The summed E-state index contributed by atoms with van der Waals surface area (Å²) < 4.78 is 11.1. The zero-order chi connectivity index (χ0) is 13.7. The molecule has 0 radical (unpaired) electrons. The molecule has 3 heteroatoms. The first-order valence-corrected chi connectivity index (χ1v) is 6.45. The lowest BCUT2D eigenvalue weighted by Gasteiger charge is -2.09. The van der Waals surface area contributed by atoms with Gasteiger partial charge >= 0.3 is 0 Å². The fourth-order valence-corrected chi connectivity index (χ4v) is 1.75. The Labute approximate surface area is 114 Å². The number of ether oxygens (including phenoxy) is 2. The Bertz CT molecular complexity index is 503. The molecule has 100 valence electrons. The molecule has 2 aromatic carbocycles. The first kappa shape index (κ1) is 13.4. The summed E-state index contributed by atoms with van der Waals surface area (Å²) in [6, 6.07) is 15.4. The Morgan fingerprint density at radius 1 is 0.895 bits per heavy atom. The van der Waals surface area contributed by atoms with Crippen molar-refractivity contribution in [2.24, 2.45) is 5.73 Å². The summed E-state index contributed by atoms with van der Waals surface area (Å²) in [6.45, 7) is 4.59. The Hall–Kier alpha value is -2.00. The van der Waals surface area contributed by atoms with Crippen LogP contribution in [0, 0.1) is 0 Å². The molecule has 0 fully saturated rings. The van der Waals surface area contributed by atoms with Crippen molar-refractivity contribution in [1.29, 1.82) is 0 Å². The Morgan fingerprint density at radius 3 is 1.84 bits per heavy atom. The monoisotopic (exact) mass is 257 g/mol. The van der Waals surface area contributed by atoms with Crippen LogP contribution in [-0.2, 0) is 0 Å². The van der Waals surface area contributed by atoms with Gasteiger partial charge < -0.3 is 15.2 Å². The molecule has 0 aromatic heterocycles. The zero-order valence-electron chi connectivity index (χ0n) is 11.3. The van der Waals surface area contributed by atoms with E-state index in [4.69, 9.17) is 15.2 Å². The molecule has 0 aliphatic rings. The molecule has 1 atom stereocenters. The first-order valence-electron chi connectivity index (χ1n) is 6.45. The Balaban J connectivity index is 2.04. The van der Waals surface area contributed by atoms with Crippen LogP contribution in [0.5, 0.6) is 17.2 Å². The minimum atomic E-state index is 0.0412. The van der Waals surface area contributed by atoms with Gasteiger partial charge in [-0.1, -0.05) is 12.1 Å². The van der Waals surface area contributed by atoms with E-state index in [2.05, 4.69) is 0 Å². The Kier molecular flexibility index (Phi) is 4.42. The van der Waals surface area contributed by atoms with Crippen molar-refractivity contribution in [3.05, 3.63) is 54.1 Å². The smallest absolute Gasteiger partial charge is 0.127 e. The summed E-state index contributed by atoms with van der Waals surface area (Å²) in [5.74, 6) is 2.44. The van der Waals surface area contributed by atoms with Crippen molar-refractivity contribution in [2.45, 2.75) is 19.9 Å². The summed E-state index contributed by atoms with van der Waals surface area (Å²) in [4.78, 5) is 0. The van der Waals surface area contributed by atoms with Crippen LogP contribution >= 0.6 is 0 Å². The molecule has 0 saturated heterocycles. The second-order valence-corrected chi connectivity index (χ2v) is 4.36. The molecule has 0 heterocycles. The predicted molar refractivity (Wildman–Crippen MR) is 76.7 cm³/mol. The normalized spacial score (nSPS) is 11.9. The van der Waals surface area contributed by atoms with Crippen LogP contribution in [0.3, 0.4) is 0 Å². The van der Waals surface area contributed by atoms with Gasteiger partial charge in [0.1, 0.15) is 17.2 Å². The van der Waals surface area contributed by atoms with Gasteiger partial charge in [-0.25, -0.2) is 0 Å². The Morgan fingerprint density at radius 2 is 1.37 bits per heavy atom. The van der Waals surface area contributed by atoms with Crippen molar-refractivity contribution < 1.29 is 9.47 Å². The average molecular weight is 257 g/mol. The van der Waals surface area contributed by atoms with Gasteiger partial charge in [-0.05, 0) is 55.8 Å². The standard InChI is InChI=1S/C16H19NO2/c1-3-18-14-8-10-16(11-9-14)19-15-6-4-13(5-7-15)12(2)17/h4-12H,3,17H2,1-2H3/t12-/m0/s1. The van der Waals surface area contributed by atoms with Crippen molar-refractivity contribution in [3.8, 4) is 17.2 Å². The molecule has 2 aromatic rings. The minimum Gasteiger partial charge on any atom is -0.494 e. The minimum absolute atomic E-state index is 0.0412. The van der Waals surface area contributed by atoms with Crippen molar-refractivity contribution in [2.75, 3.05) is 6.61 Å². The highest BCUT2D eigenvalue weighted by Gasteiger charge is 2.01. The maximum absolute atomic E-state index is 5.81. The van der Waals surface area contributed by atoms with Gasteiger partial charge in [0.05, 0.1) is 6.61 Å². The lowest BCUT2D eigenvalue weighted by molar-refractivity contribution is 0.339. The van der Waals surface area contributed by atoms with Gasteiger partial charge in [-0.3, -0.25) is 0 Å². The second kappa shape index (κ2) is 6.25. The highest BCUT2D eigenvalue weighted by atomic mass is 16.5. The van der Waals surface area contributed by atoms with Crippen molar-refractivity contribution in [3.63, 3.8) is 0 Å². The molecular weight excluding hydrogens is 238 g/mol. The fourth-order valence-electron chi connectivity index (χ4n) is 1.75. The number of nitrogens with two attached hydrogens (primary N) is 1. The van der Waals surface area contributed by atoms with E-state index in [-0.39, 0.29) is 6.04 Å². The fraction of sp³-hybridized carbons (Fsp3) is 0.250. The highest BCUT2D eigenvalue weighted by molar-refractivity contribution is 5.36. The van der Waals surface area contributed by atoms with Gasteiger partial charge in [-0.2, -0.15) is 0 Å². The van der Waals surface area contributed by atoms with Gasteiger partial charge in [0.15, 0.2) is 0 Å². The quantitative estimate of drug-likeness (QED) is 0.883. The van der Waals surface area contributed by atoms with Gasteiger partial charge in [0.2, 0.25) is 0 Å². The predicted octanol–water partition coefficient (Wildman–Crippen LogP) is 3.90. The van der Waals surface area contributed by atoms with E-state index in [9.17, 15) is 0 Å². The average Bonchev–Trinajstić information content (AvgIpc) is 2.42. The lowest BCUT2D eigenvalue weighted by Crippen LogP contribution is -2.04. The number of hydrogen-bond acceptors (Lipinski definition) is 3. The van der Waals surface area contributed by atoms with Crippen LogP contribution in [0.1, 0.15) is 25.5 Å². The summed E-state index contributed by atoms with van der Waals surface area (Å²) in [7, 11) is 0. The maximum Gasteiger partial charge on any atom is 0.127 e. The third-order valence-electron chi connectivity index (χ3n) is 2.78. The summed E-state index contributed by atoms with van der Waals surface area (Å²) in [6.07, 6.45) is 0. The van der Waals surface area contributed by atoms with Crippen LogP contribution in [-0.4, -0.2) is 6.61 Å². The van der Waals surface area contributed by atoms with Gasteiger partial charge in [0, 0.05) is 6.04 Å². The molecule has 0 amide bonds. The molecule has 19 heavy (non-hydrogen) atoms. The molecular formula is C16H19NO2. The topological polar surface area (TPSA) is 44.5 Å². The van der Waals surface area contributed by atoms with Gasteiger partial charge in [-0.15, -0.1) is 0 Å². The first-order chi connectivity index (χ1) is 9.19. The second-order valence-electron chi connectivity index (χ2n) is 4.36. The number of hydrogen-bond donors (Lipinski definition) is 1. The number of benzene rings is 2. The summed E-state index contributed by atoms with van der Waals surface area (Å²) in [5.41, 5.74) is 6.90. The summed E-state index contributed by atoms with van der Waals surface area (Å²) in [5, 5.41) is 0. The molecule has 0 spiro atoms. The van der Waals surface area contributed by atoms with E-state index in [0.29, 0.717) is 6.61 Å². The number of rotatable bonds is 5. The largest absolute Gasteiger partial charge is 0.494 e. The van der Waals surface area contributed by atoms with E-state index >= 15 is 0 Å². The molecule has 2 rings (SSSR count). The highest BCUT2D eigenvalue weighted by Crippen LogP contribution is 2.24. The van der Waals surface area contributed by atoms with Crippen LogP contribution in [0.4, 0.5) is 0 Å². The van der Waals surface area contributed by atoms with E-state index in [1.165, 1.54) is 0 Å². The van der Waals surface area contributed by atoms with E-state index < -0.39 is 0 Å². The molecule has 0 unspecified atom stereocenters. The molecule has 3 nitrogen and oxygen atoms in total. The SMILES string of the molecule is CCOc1ccc(Oc2ccc([C@H](C)N)cc2)cc1. The summed E-state index contributed by atoms with van der Waals surface area (Å²) >= 11 is 0. The van der Waals surface area contributed by atoms with Crippen LogP contribution in [0.2, 0.25) is 0 Å². The maximum atomic E-state index is 5.81. The van der Waals surface area contributed by atoms with Crippen molar-refractivity contribution >= 4 is 0 Å². The van der Waals surface area contributed by atoms with E-state index in [1.54, 1.807) is 0 Å². The zero-order valence-corrected chi connectivity index (χ0v) is 11.3. The third kappa shape index (κ3) is 3.73. The van der Waals surface area contributed by atoms with Crippen LogP contribution in [0.25, 0.3) is 0 Å². The third-order valence-corrected chi connectivity index (χ3v) is 2.78. The van der Waals surface area contributed by atoms with Crippen molar-refractivity contribution in [1.82, 2.24) is 0 Å². The van der Waals surface area contributed by atoms with Crippen LogP contribution in [0.15, 0.2) is 48.5 Å². The lowest BCUT2D eigenvalue weighted by atomic mass is 10.1. The van der Waals surface area contributed by atoms with E-state index in [1.807, 2.05) is 62.4 Å². The molecule has 0 aliphatic carbocycles. The van der Waals surface area contributed by atoms with E-state index in [0.717, 1.165) is 22.8 Å². The van der Waals surface area contributed by atoms with Gasteiger partial charge in [0.25, 0.3) is 0 Å². The van der Waals surface area contributed by atoms with Crippen LogP contribution < -0.4 is 15.2 Å². The molecule has 0 aliphatic heterocycles.